The zero-order valence-corrected chi connectivity index (χ0v) is 8.21. The Morgan fingerprint density at radius 3 is 2.87 bits per heavy atom. The molecule has 0 aliphatic carbocycles. The largest absolute Gasteiger partial charge is 0.303 e. The van der Waals surface area contributed by atoms with Gasteiger partial charge in [-0.3, -0.25) is 10.1 Å². The number of nitro groups is 1. The molecule has 0 radical (unpaired) electrons. The fourth-order valence-electron chi connectivity index (χ4n) is 1.08. The van der Waals surface area contributed by atoms with Crippen LogP contribution in [0.4, 0.5) is 5.69 Å². The van der Waals surface area contributed by atoms with Crippen molar-refractivity contribution in [3.8, 4) is 0 Å². The van der Waals surface area contributed by atoms with Crippen LogP contribution in [0, 0.1) is 17.0 Å². The first-order valence-corrected chi connectivity index (χ1v) is 4.36. The van der Waals surface area contributed by atoms with Crippen molar-refractivity contribution in [2.75, 3.05) is 0 Å². The highest BCUT2D eigenvalue weighted by Crippen LogP contribution is 2.15. The number of allylic oxidation sites excluding steroid dienone is 1. The molecular weight excluding hydrogens is 196 g/mol. The molecule has 1 aromatic rings. The molecule has 78 valence electrons. The predicted octanol–water partition coefficient (Wildman–Crippen LogP) is 1.90. The van der Waals surface area contributed by atoms with Gasteiger partial charge in [0.2, 0.25) is 0 Å². The van der Waals surface area contributed by atoms with E-state index in [2.05, 4.69) is 4.98 Å². The minimum atomic E-state index is -0.487. The second-order valence-electron chi connectivity index (χ2n) is 2.96. The first-order valence-electron chi connectivity index (χ1n) is 4.36. The molecule has 1 rings (SSSR count). The fraction of sp³-hybridized carbons (Fsp3) is 0.200. The zero-order valence-electron chi connectivity index (χ0n) is 8.21. The van der Waals surface area contributed by atoms with Crippen molar-refractivity contribution >= 4 is 18.0 Å². The maximum atomic E-state index is 10.4. The molecule has 0 saturated heterocycles. The van der Waals surface area contributed by atoms with Gasteiger partial charge in [0.25, 0.3) is 5.69 Å². The first-order chi connectivity index (χ1) is 7.15. The molecule has 0 aliphatic heterocycles. The number of hydrogen-bond donors (Lipinski definition) is 0. The number of nitrogens with zero attached hydrogens (tertiary/aromatic N) is 2. The third-order valence-corrected chi connectivity index (χ3v) is 1.82. The molecule has 0 aromatic carbocycles. The Hall–Kier alpha value is -2.04. The molecule has 0 N–H and O–H groups in total. The van der Waals surface area contributed by atoms with E-state index in [0.29, 0.717) is 17.7 Å². The number of aldehydes is 1. The molecule has 0 bridgehead atoms. The summed E-state index contributed by atoms with van der Waals surface area (Å²) in [7, 11) is 0. The van der Waals surface area contributed by atoms with Crippen LogP contribution in [-0.4, -0.2) is 16.2 Å². The quantitative estimate of drug-likeness (QED) is 0.428. The van der Waals surface area contributed by atoms with E-state index in [1.165, 1.54) is 12.3 Å². The Bertz CT molecular complexity index is 413. The number of aromatic nitrogens is 1. The molecule has 0 spiro atoms. The Morgan fingerprint density at radius 1 is 1.60 bits per heavy atom. The van der Waals surface area contributed by atoms with Crippen molar-refractivity contribution in [1.29, 1.82) is 0 Å². The van der Waals surface area contributed by atoms with E-state index in [-0.39, 0.29) is 5.69 Å². The summed E-state index contributed by atoms with van der Waals surface area (Å²) in [6.07, 6.45) is 5.63. The average Bonchev–Trinajstić information content (AvgIpc) is 2.20. The molecule has 0 fully saturated rings. The van der Waals surface area contributed by atoms with E-state index < -0.39 is 4.92 Å². The summed E-state index contributed by atoms with van der Waals surface area (Å²) in [4.78, 5) is 23.9. The second kappa shape index (κ2) is 4.99. The Morgan fingerprint density at radius 2 is 2.33 bits per heavy atom. The summed E-state index contributed by atoms with van der Waals surface area (Å²) in [5.41, 5.74) is 1.33. The molecule has 0 aliphatic rings. The average molecular weight is 206 g/mol. The minimum absolute atomic E-state index is 0.0277. The van der Waals surface area contributed by atoms with Gasteiger partial charge in [0.1, 0.15) is 12.5 Å². The van der Waals surface area contributed by atoms with Crippen LogP contribution in [0.15, 0.2) is 18.3 Å². The Balaban J connectivity index is 2.93. The molecule has 0 saturated carbocycles. The molecule has 0 unspecified atom stereocenters. The highest BCUT2D eigenvalue weighted by molar-refractivity contribution is 5.58. The minimum Gasteiger partial charge on any atom is -0.303 e. The number of carbonyl (C=O) groups excluding carboxylic acids is 1. The molecule has 5 heteroatoms. The SMILES string of the molecule is Cc1cc([N+](=O)[O-])cnc1C=CCC=O. The Kier molecular flexibility index (Phi) is 3.68. The van der Waals surface area contributed by atoms with E-state index >= 15 is 0 Å². The van der Waals surface area contributed by atoms with Crippen LogP contribution < -0.4 is 0 Å². The number of carbonyl (C=O) groups is 1. The Labute approximate surface area is 86.6 Å². The second-order valence-corrected chi connectivity index (χ2v) is 2.96. The van der Waals surface area contributed by atoms with E-state index in [1.54, 1.807) is 19.1 Å². The lowest BCUT2D eigenvalue weighted by Crippen LogP contribution is -1.93. The van der Waals surface area contributed by atoms with Gasteiger partial charge >= 0.3 is 0 Å². The summed E-state index contributed by atoms with van der Waals surface area (Å²) >= 11 is 0. The van der Waals surface area contributed by atoms with Crippen LogP contribution >= 0.6 is 0 Å². The normalized spacial score (nSPS) is 10.5. The van der Waals surface area contributed by atoms with Crippen LogP contribution in [0.5, 0.6) is 0 Å². The zero-order chi connectivity index (χ0) is 11.3. The molecule has 0 amide bonds. The van der Waals surface area contributed by atoms with Gasteiger partial charge in [-0.15, -0.1) is 0 Å². The standard InChI is InChI=1S/C10H10N2O3/c1-8-6-9(12(14)15)7-11-10(8)4-2-3-5-13/h2,4-7H,3H2,1H3. The summed E-state index contributed by atoms with van der Waals surface area (Å²) in [5.74, 6) is 0. The van der Waals surface area contributed by atoms with Gasteiger partial charge in [-0.2, -0.15) is 0 Å². The van der Waals surface area contributed by atoms with Crippen LogP contribution in [0.1, 0.15) is 17.7 Å². The van der Waals surface area contributed by atoms with Gasteiger partial charge < -0.3 is 4.79 Å². The van der Waals surface area contributed by atoms with Gasteiger partial charge in [0.05, 0.1) is 10.6 Å². The summed E-state index contributed by atoms with van der Waals surface area (Å²) in [6.45, 7) is 1.74. The van der Waals surface area contributed by atoms with Crippen LogP contribution in [0.3, 0.4) is 0 Å². The lowest BCUT2D eigenvalue weighted by Gasteiger charge is -1.98. The predicted molar refractivity (Wildman–Crippen MR) is 55.3 cm³/mol. The summed E-state index contributed by atoms with van der Waals surface area (Å²) in [5, 5.41) is 10.4. The topological polar surface area (TPSA) is 73.1 Å². The maximum absolute atomic E-state index is 10.4. The van der Waals surface area contributed by atoms with Crippen molar-refractivity contribution in [2.45, 2.75) is 13.3 Å². The molecular formula is C10H10N2O3. The van der Waals surface area contributed by atoms with Gasteiger partial charge in [-0.05, 0) is 18.6 Å². The van der Waals surface area contributed by atoms with E-state index in [9.17, 15) is 14.9 Å². The van der Waals surface area contributed by atoms with Crippen molar-refractivity contribution < 1.29 is 9.72 Å². The number of pyridine rings is 1. The first kappa shape index (κ1) is 11.0. The smallest absolute Gasteiger partial charge is 0.287 e. The van der Waals surface area contributed by atoms with Crippen molar-refractivity contribution in [3.63, 3.8) is 0 Å². The third kappa shape index (κ3) is 2.98. The third-order valence-electron chi connectivity index (χ3n) is 1.82. The monoisotopic (exact) mass is 206 g/mol. The molecule has 15 heavy (non-hydrogen) atoms. The number of hydrogen-bond acceptors (Lipinski definition) is 4. The lowest BCUT2D eigenvalue weighted by atomic mass is 10.2. The van der Waals surface area contributed by atoms with Gasteiger partial charge in [-0.25, -0.2) is 4.98 Å². The van der Waals surface area contributed by atoms with E-state index in [1.807, 2.05) is 0 Å². The van der Waals surface area contributed by atoms with Gasteiger partial charge in [0, 0.05) is 12.5 Å². The van der Waals surface area contributed by atoms with Crippen LogP contribution in [-0.2, 0) is 4.79 Å². The highest BCUT2D eigenvalue weighted by Gasteiger charge is 2.07. The van der Waals surface area contributed by atoms with Crippen molar-refractivity contribution in [3.05, 3.63) is 39.7 Å². The fourth-order valence-corrected chi connectivity index (χ4v) is 1.08. The van der Waals surface area contributed by atoms with Crippen LogP contribution in [0.2, 0.25) is 0 Å². The van der Waals surface area contributed by atoms with Gasteiger partial charge in [0.15, 0.2) is 0 Å². The molecule has 0 atom stereocenters. The highest BCUT2D eigenvalue weighted by atomic mass is 16.6. The van der Waals surface area contributed by atoms with E-state index in [4.69, 9.17) is 0 Å². The summed E-state index contributed by atoms with van der Waals surface area (Å²) in [6, 6.07) is 1.45. The number of rotatable bonds is 4. The maximum Gasteiger partial charge on any atom is 0.287 e. The lowest BCUT2D eigenvalue weighted by molar-refractivity contribution is -0.385. The van der Waals surface area contributed by atoms with Gasteiger partial charge in [-0.1, -0.05) is 6.08 Å². The van der Waals surface area contributed by atoms with Crippen LogP contribution in [0.25, 0.3) is 6.08 Å². The van der Waals surface area contributed by atoms with Crippen molar-refractivity contribution in [2.24, 2.45) is 0 Å². The van der Waals surface area contributed by atoms with E-state index in [0.717, 1.165) is 6.29 Å². The van der Waals surface area contributed by atoms with Crippen molar-refractivity contribution in [1.82, 2.24) is 4.98 Å². The molecule has 5 nitrogen and oxygen atoms in total. The molecule has 1 aromatic heterocycles. The summed E-state index contributed by atoms with van der Waals surface area (Å²) < 4.78 is 0. The number of aryl methyl sites for hydroxylation is 1. The molecule has 1 heterocycles.